The van der Waals surface area contributed by atoms with E-state index in [-0.39, 0.29) is 12.0 Å². The average molecular weight is 188 g/mol. The van der Waals surface area contributed by atoms with Gasteiger partial charge in [0.25, 0.3) is 6.43 Å². The second-order valence-corrected chi connectivity index (χ2v) is 2.28. The molecule has 1 rings (SSSR count). The molecule has 0 bridgehead atoms. The molecule has 3 N–H and O–H groups in total. The van der Waals surface area contributed by atoms with Crippen LogP contribution >= 0.6 is 0 Å². The second-order valence-electron chi connectivity index (χ2n) is 2.28. The quantitative estimate of drug-likeness (QED) is 0.682. The molecule has 0 saturated carbocycles. The minimum Gasteiger partial charge on any atom is -0.504 e. The number of nitrogens with zero attached hydrogens (tertiary/aromatic N) is 1. The number of halogens is 2. The van der Waals surface area contributed by atoms with E-state index in [1.165, 1.54) is 0 Å². The van der Waals surface area contributed by atoms with Crippen molar-refractivity contribution in [3.63, 3.8) is 0 Å². The van der Waals surface area contributed by atoms with Gasteiger partial charge in [0.05, 0.1) is 11.3 Å². The van der Waals surface area contributed by atoms with Crippen molar-refractivity contribution in [2.75, 3.05) is 5.73 Å². The van der Waals surface area contributed by atoms with E-state index in [0.717, 1.165) is 6.20 Å². The summed E-state index contributed by atoms with van der Waals surface area (Å²) in [4.78, 5) is 13.5. The summed E-state index contributed by atoms with van der Waals surface area (Å²) in [7, 11) is 0. The molecule has 1 aromatic rings. The van der Waals surface area contributed by atoms with Gasteiger partial charge in [0.15, 0.2) is 12.0 Å². The summed E-state index contributed by atoms with van der Waals surface area (Å²) >= 11 is 0. The number of hydrogen-bond acceptors (Lipinski definition) is 4. The van der Waals surface area contributed by atoms with E-state index in [2.05, 4.69) is 4.98 Å². The lowest BCUT2D eigenvalue weighted by Crippen LogP contribution is -2.00. The maximum absolute atomic E-state index is 12.1. The van der Waals surface area contributed by atoms with Crippen molar-refractivity contribution in [1.29, 1.82) is 0 Å². The minimum absolute atomic E-state index is 0.237. The van der Waals surface area contributed by atoms with Gasteiger partial charge in [-0.2, -0.15) is 0 Å². The van der Waals surface area contributed by atoms with Gasteiger partial charge in [-0.25, -0.2) is 13.8 Å². The number of pyridine rings is 1. The molecule has 0 unspecified atom stereocenters. The second kappa shape index (κ2) is 3.34. The van der Waals surface area contributed by atoms with Gasteiger partial charge in [-0.3, -0.25) is 4.79 Å². The molecule has 0 aromatic carbocycles. The van der Waals surface area contributed by atoms with Crippen molar-refractivity contribution in [2.24, 2.45) is 0 Å². The van der Waals surface area contributed by atoms with Crippen LogP contribution in [0.4, 0.5) is 14.5 Å². The van der Waals surface area contributed by atoms with Crippen LogP contribution in [0.2, 0.25) is 0 Å². The number of aromatic hydroxyl groups is 1. The zero-order valence-electron chi connectivity index (χ0n) is 6.37. The normalized spacial score (nSPS) is 10.4. The first-order chi connectivity index (χ1) is 6.07. The fraction of sp³-hybridized carbons (Fsp3) is 0.143. The zero-order chi connectivity index (χ0) is 10.0. The number of aldehydes is 1. The fourth-order valence-electron chi connectivity index (χ4n) is 0.805. The molecule has 70 valence electrons. The Morgan fingerprint density at radius 3 is 2.69 bits per heavy atom. The van der Waals surface area contributed by atoms with Crippen molar-refractivity contribution >= 4 is 12.0 Å². The van der Waals surface area contributed by atoms with Crippen LogP contribution in [-0.4, -0.2) is 16.4 Å². The average Bonchev–Trinajstić information content (AvgIpc) is 2.09. The van der Waals surface area contributed by atoms with Crippen LogP contribution in [0.25, 0.3) is 0 Å². The predicted octanol–water partition coefficient (Wildman–Crippen LogP) is 1.12. The molecule has 0 saturated heterocycles. The van der Waals surface area contributed by atoms with Crippen molar-refractivity contribution in [3.05, 3.63) is 17.5 Å². The molecule has 6 heteroatoms. The number of alkyl halides is 2. The Morgan fingerprint density at radius 2 is 2.23 bits per heavy atom. The summed E-state index contributed by atoms with van der Waals surface area (Å²) in [6.45, 7) is 0. The third-order valence-corrected chi connectivity index (χ3v) is 1.50. The third-order valence-electron chi connectivity index (χ3n) is 1.50. The molecule has 0 aliphatic carbocycles. The highest BCUT2D eigenvalue weighted by atomic mass is 19.3. The lowest BCUT2D eigenvalue weighted by molar-refractivity contribution is 0.111. The number of aromatic nitrogens is 1. The highest BCUT2D eigenvalue weighted by Crippen LogP contribution is 2.31. The molecule has 0 spiro atoms. The van der Waals surface area contributed by atoms with Gasteiger partial charge < -0.3 is 10.8 Å². The summed E-state index contributed by atoms with van der Waals surface area (Å²) in [5.74, 6) is -0.701. The Labute approximate surface area is 72.0 Å². The molecule has 0 radical (unpaired) electrons. The first-order valence-electron chi connectivity index (χ1n) is 3.28. The van der Waals surface area contributed by atoms with Crippen LogP contribution in [0, 0.1) is 0 Å². The Kier molecular flexibility index (Phi) is 2.41. The maximum Gasteiger partial charge on any atom is 0.267 e. The molecular weight excluding hydrogens is 182 g/mol. The summed E-state index contributed by atoms with van der Waals surface area (Å²) in [5.41, 5.74) is 3.70. The van der Waals surface area contributed by atoms with Crippen LogP contribution in [-0.2, 0) is 0 Å². The van der Waals surface area contributed by atoms with Gasteiger partial charge in [0.1, 0.15) is 5.69 Å². The molecule has 0 amide bonds. The molecule has 1 aromatic heterocycles. The largest absolute Gasteiger partial charge is 0.504 e. The van der Waals surface area contributed by atoms with Gasteiger partial charge >= 0.3 is 0 Å². The van der Waals surface area contributed by atoms with Gasteiger partial charge in [-0.1, -0.05) is 0 Å². The summed E-state index contributed by atoms with van der Waals surface area (Å²) in [6.07, 6.45) is -1.82. The Balaban J connectivity index is 3.31. The van der Waals surface area contributed by atoms with E-state index < -0.39 is 23.4 Å². The van der Waals surface area contributed by atoms with E-state index in [9.17, 15) is 13.6 Å². The SMILES string of the molecule is Nc1c(C(F)F)cnc(C=O)c1O. The van der Waals surface area contributed by atoms with Crippen LogP contribution in [0.15, 0.2) is 6.20 Å². The number of rotatable bonds is 2. The Bertz CT molecular complexity index is 342. The molecule has 13 heavy (non-hydrogen) atoms. The number of carbonyl (C=O) groups is 1. The number of carbonyl (C=O) groups excluding carboxylic acids is 1. The smallest absolute Gasteiger partial charge is 0.267 e. The lowest BCUT2D eigenvalue weighted by atomic mass is 10.2. The van der Waals surface area contributed by atoms with Crippen LogP contribution < -0.4 is 5.73 Å². The molecule has 1 heterocycles. The summed E-state index contributed by atoms with van der Waals surface area (Å²) in [6, 6.07) is 0. The number of nitrogens with two attached hydrogens (primary N) is 1. The fourth-order valence-corrected chi connectivity index (χ4v) is 0.805. The highest BCUT2D eigenvalue weighted by Gasteiger charge is 2.17. The van der Waals surface area contributed by atoms with Gasteiger partial charge in [0, 0.05) is 6.20 Å². The number of hydrogen-bond donors (Lipinski definition) is 2. The predicted molar refractivity (Wildman–Crippen MR) is 40.7 cm³/mol. The molecule has 0 aliphatic heterocycles. The van der Waals surface area contributed by atoms with E-state index in [4.69, 9.17) is 10.8 Å². The van der Waals surface area contributed by atoms with Crippen LogP contribution in [0.3, 0.4) is 0 Å². The first-order valence-corrected chi connectivity index (χ1v) is 3.28. The summed E-state index contributed by atoms with van der Waals surface area (Å²) in [5, 5.41) is 9.08. The number of nitrogen functional groups attached to an aromatic ring is 1. The first kappa shape index (κ1) is 9.37. The monoisotopic (exact) mass is 188 g/mol. The van der Waals surface area contributed by atoms with Crippen LogP contribution in [0.5, 0.6) is 5.75 Å². The van der Waals surface area contributed by atoms with E-state index in [0.29, 0.717) is 0 Å². The van der Waals surface area contributed by atoms with E-state index in [1.807, 2.05) is 0 Å². The minimum atomic E-state index is -2.82. The van der Waals surface area contributed by atoms with Gasteiger partial charge in [0.2, 0.25) is 0 Å². The van der Waals surface area contributed by atoms with Crippen molar-refractivity contribution in [2.45, 2.75) is 6.43 Å². The van der Waals surface area contributed by atoms with Crippen molar-refractivity contribution in [3.8, 4) is 5.75 Å². The summed E-state index contributed by atoms with van der Waals surface area (Å²) < 4.78 is 24.2. The van der Waals surface area contributed by atoms with E-state index >= 15 is 0 Å². The maximum atomic E-state index is 12.1. The van der Waals surface area contributed by atoms with Crippen molar-refractivity contribution in [1.82, 2.24) is 4.98 Å². The Hall–Kier alpha value is -1.72. The topological polar surface area (TPSA) is 76.2 Å². The molecule has 0 fully saturated rings. The van der Waals surface area contributed by atoms with Crippen molar-refractivity contribution < 1.29 is 18.7 Å². The molecular formula is C7H6F2N2O2. The van der Waals surface area contributed by atoms with E-state index in [1.54, 1.807) is 0 Å². The van der Waals surface area contributed by atoms with Crippen LogP contribution in [0.1, 0.15) is 22.5 Å². The molecule has 0 atom stereocenters. The lowest BCUT2D eigenvalue weighted by Gasteiger charge is -2.06. The third kappa shape index (κ3) is 1.56. The Morgan fingerprint density at radius 1 is 1.62 bits per heavy atom. The van der Waals surface area contributed by atoms with Gasteiger partial charge in [-0.05, 0) is 0 Å². The molecule has 0 aliphatic rings. The zero-order valence-corrected chi connectivity index (χ0v) is 6.37. The van der Waals surface area contributed by atoms with Gasteiger partial charge in [-0.15, -0.1) is 0 Å². The highest BCUT2D eigenvalue weighted by molar-refractivity contribution is 5.80. The number of anilines is 1. The molecule has 4 nitrogen and oxygen atoms in total. The standard InChI is InChI=1S/C7H6F2N2O2/c8-7(9)3-1-11-4(2-12)6(13)5(3)10/h1-2,7,13H,(H2,10,11).